The molecule has 0 heterocycles. The minimum absolute atomic E-state index is 0.162. The number of carbonyl (C=O) groups is 3. The first kappa shape index (κ1) is 79.2. The van der Waals surface area contributed by atoms with Gasteiger partial charge in [0.25, 0.3) is 0 Å². The monoisotopic (exact) mass is 1170 g/mol. The van der Waals surface area contributed by atoms with E-state index in [1.165, 1.54) is 180 Å². The van der Waals surface area contributed by atoms with Crippen LogP contribution in [0.4, 0.5) is 0 Å². The number of hydrogen-bond donors (Lipinski definition) is 2. The molecule has 12 heteroatoms. The lowest BCUT2D eigenvalue weighted by Gasteiger charge is -2.21. The number of phosphoric acid groups is 1. The number of ether oxygens (including phenoxy) is 3. The molecule has 0 aromatic heterocycles. The lowest BCUT2D eigenvalue weighted by atomic mass is 10.1. The van der Waals surface area contributed by atoms with E-state index in [4.69, 9.17) is 23.3 Å². The molecule has 82 heavy (non-hydrogen) atoms. The van der Waals surface area contributed by atoms with Crippen LogP contribution in [0.3, 0.4) is 0 Å². The summed E-state index contributed by atoms with van der Waals surface area (Å²) in [5.41, 5.74) is 0. The van der Waals surface area contributed by atoms with Crippen molar-refractivity contribution < 1.29 is 52.2 Å². The summed E-state index contributed by atoms with van der Waals surface area (Å²) in [6.45, 7) is 4.64. The van der Waals surface area contributed by atoms with Crippen LogP contribution in [0.2, 0.25) is 0 Å². The van der Waals surface area contributed by atoms with E-state index in [2.05, 4.69) is 81.5 Å². The molecular weight excluding hydrogens is 1050 g/mol. The molecule has 0 bridgehead atoms. The lowest BCUT2D eigenvalue weighted by molar-refractivity contribution is -0.161. The second-order valence-electron chi connectivity index (χ2n) is 23.0. The van der Waals surface area contributed by atoms with Gasteiger partial charge in [0.15, 0.2) is 6.10 Å². The van der Waals surface area contributed by atoms with E-state index in [0.29, 0.717) is 19.3 Å². The maximum Gasteiger partial charge on any atom is 0.472 e. The van der Waals surface area contributed by atoms with E-state index in [9.17, 15) is 28.9 Å². The van der Waals surface area contributed by atoms with Crippen LogP contribution in [-0.2, 0) is 42.2 Å². The summed E-state index contributed by atoms with van der Waals surface area (Å²) in [4.78, 5) is 48.9. The van der Waals surface area contributed by atoms with Crippen molar-refractivity contribution >= 4 is 25.7 Å². The molecule has 0 spiro atoms. The Balaban J connectivity index is 4.68. The predicted octanol–water partition coefficient (Wildman–Crippen LogP) is 21.0. The van der Waals surface area contributed by atoms with E-state index < -0.39 is 57.8 Å². The Labute approximate surface area is 504 Å². The number of rotatable bonds is 64. The minimum atomic E-state index is -4.76. The second kappa shape index (κ2) is 64.2. The first-order chi connectivity index (χ1) is 40.2. The van der Waals surface area contributed by atoms with Crippen LogP contribution >= 0.6 is 7.82 Å². The predicted molar refractivity (Wildman–Crippen MR) is 344 cm³/mol. The van der Waals surface area contributed by atoms with E-state index in [-0.39, 0.29) is 25.9 Å². The lowest BCUT2D eigenvalue weighted by Crippen LogP contribution is -2.30. The van der Waals surface area contributed by atoms with Gasteiger partial charge in [-0.3, -0.25) is 23.4 Å². The standard InChI is InChI=1S/C70H127O11P/c1-4-7-10-13-16-19-22-25-28-31-33-36-38-41-44-47-50-53-56-59-68(72)77-63-67(81-70(74)61-58-55-52-49-46-43-40-37-34-32-29-26-23-20-17-14-11-8-5-2)65-79-82(75,76)78-64-66(62-71)80-69(73)60-57-54-51-48-45-42-39-35-30-27-24-21-18-15-12-9-6-3/h16-17,19-20,25-30,66-67,71H,4-15,18,21-24,31-65H2,1-3H3,(H,75,76)/b19-16-,20-17-,28-25-,29-26-,30-27-. The molecule has 11 nitrogen and oxygen atoms in total. The van der Waals surface area contributed by atoms with E-state index in [1.807, 2.05) is 0 Å². The highest BCUT2D eigenvalue weighted by atomic mass is 31.2. The van der Waals surface area contributed by atoms with Gasteiger partial charge in [0.05, 0.1) is 19.8 Å². The number of allylic oxidation sites excluding steroid dienone is 10. The fourth-order valence-corrected chi connectivity index (χ4v) is 10.4. The molecule has 0 radical (unpaired) electrons. The molecule has 0 aliphatic carbocycles. The van der Waals surface area contributed by atoms with Crippen LogP contribution in [0.15, 0.2) is 60.8 Å². The smallest absolute Gasteiger partial charge is 0.462 e. The molecule has 0 aromatic rings. The molecule has 2 N–H and O–H groups in total. The van der Waals surface area contributed by atoms with Gasteiger partial charge in [0.1, 0.15) is 12.7 Å². The van der Waals surface area contributed by atoms with E-state index >= 15 is 0 Å². The zero-order chi connectivity index (χ0) is 59.8. The number of aliphatic hydroxyl groups excluding tert-OH is 1. The number of esters is 3. The number of carbonyl (C=O) groups excluding carboxylic acids is 3. The number of unbranched alkanes of at least 4 members (excludes halogenated alkanes) is 37. The van der Waals surface area contributed by atoms with Gasteiger partial charge in [-0.05, 0) is 109 Å². The van der Waals surface area contributed by atoms with Crippen molar-refractivity contribution in [1.82, 2.24) is 0 Å². The molecule has 0 aromatic carbocycles. The van der Waals surface area contributed by atoms with E-state index in [1.54, 1.807) is 0 Å². The molecule has 0 amide bonds. The first-order valence-corrected chi connectivity index (χ1v) is 35.7. The summed E-state index contributed by atoms with van der Waals surface area (Å²) in [5.74, 6) is -1.46. The Morgan fingerprint density at radius 1 is 0.341 bits per heavy atom. The van der Waals surface area contributed by atoms with Gasteiger partial charge < -0.3 is 24.2 Å². The largest absolute Gasteiger partial charge is 0.472 e. The molecular formula is C70H127O11P. The topological polar surface area (TPSA) is 155 Å². The molecule has 3 atom stereocenters. The molecule has 0 rings (SSSR count). The summed E-state index contributed by atoms with van der Waals surface area (Å²) >= 11 is 0. The van der Waals surface area contributed by atoms with Gasteiger partial charge >= 0.3 is 25.7 Å². The number of aliphatic hydroxyl groups is 1. The van der Waals surface area contributed by atoms with E-state index in [0.717, 1.165) is 89.9 Å². The highest BCUT2D eigenvalue weighted by Crippen LogP contribution is 2.43. The van der Waals surface area contributed by atoms with Crippen molar-refractivity contribution in [3.8, 4) is 0 Å². The SMILES string of the molecule is CCCCC/C=C\C/C=C\CCCCCCCCCCCC(=O)OCC(COP(=O)(O)OCC(CO)OC(=O)CCCCCCCCC/C=C\CCCCCCCC)OC(=O)CCCCCCCCCCC/C=C\C/C=C\CCCCC. The van der Waals surface area contributed by atoms with Crippen LogP contribution in [0, 0.1) is 0 Å². The average Bonchev–Trinajstić information content (AvgIpc) is 3.47. The molecule has 0 fully saturated rings. The Morgan fingerprint density at radius 2 is 0.598 bits per heavy atom. The average molecular weight is 1180 g/mol. The van der Waals surface area contributed by atoms with Gasteiger partial charge in [-0.25, -0.2) is 4.57 Å². The molecule has 478 valence electrons. The first-order valence-electron chi connectivity index (χ1n) is 34.2. The highest BCUT2D eigenvalue weighted by molar-refractivity contribution is 7.47. The van der Waals surface area contributed by atoms with Gasteiger partial charge in [-0.1, -0.05) is 261 Å². The molecule has 0 saturated carbocycles. The van der Waals surface area contributed by atoms with Crippen LogP contribution in [0.1, 0.15) is 329 Å². The summed E-state index contributed by atoms with van der Waals surface area (Å²) < 4.78 is 39.8. The summed E-state index contributed by atoms with van der Waals surface area (Å²) in [6, 6.07) is 0. The second-order valence-corrected chi connectivity index (χ2v) is 24.4. The van der Waals surface area contributed by atoms with Crippen molar-refractivity contribution in [2.24, 2.45) is 0 Å². The van der Waals surface area contributed by atoms with Gasteiger partial charge in [0.2, 0.25) is 0 Å². The summed E-state index contributed by atoms with van der Waals surface area (Å²) in [7, 11) is -4.76. The highest BCUT2D eigenvalue weighted by Gasteiger charge is 2.28. The minimum Gasteiger partial charge on any atom is -0.462 e. The van der Waals surface area contributed by atoms with Gasteiger partial charge in [-0.15, -0.1) is 0 Å². The van der Waals surface area contributed by atoms with Crippen LogP contribution in [0.5, 0.6) is 0 Å². The van der Waals surface area contributed by atoms with Crippen molar-refractivity contribution in [1.29, 1.82) is 0 Å². The third-order valence-electron chi connectivity index (χ3n) is 14.9. The van der Waals surface area contributed by atoms with Crippen molar-refractivity contribution in [3.63, 3.8) is 0 Å². The number of phosphoric ester groups is 1. The fourth-order valence-electron chi connectivity index (χ4n) is 9.65. The Kier molecular flexibility index (Phi) is 62.0. The maximum atomic E-state index is 13.0. The van der Waals surface area contributed by atoms with Crippen molar-refractivity contribution in [2.45, 2.75) is 341 Å². The van der Waals surface area contributed by atoms with Gasteiger partial charge in [-0.2, -0.15) is 0 Å². The third-order valence-corrected chi connectivity index (χ3v) is 15.8. The molecule has 0 aliphatic heterocycles. The molecule has 3 unspecified atom stereocenters. The molecule has 0 saturated heterocycles. The molecule has 0 aliphatic rings. The zero-order valence-corrected chi connectivity index (χ0v) is 54.1. The normalized spacial score (nSPS) is 13.6. The Morgan fingerprint density at radius 3 is 0.939 bits per heavy atom. The Bertz CT molecular complexity index is 1610. The van der Waals surface area contributed by atoms with Crippen molar-refractivity contribution in [3.05, 3.63) is 60.8 Å². The number of hydrogen-bond acceptors (Lipinski definition) is 10. The van der Waals surface area contributed by atoms with Crippen molar-refractivity contribution in [2.75, 3.05) is 26.4 Å². The quantitative estimate of drug-likeness (QED) is 0.0197. The van der Waals surface area contributed by atoms with Crippen LogP contribution < -0.4 is 0 Å². The Hall–Kier alpha value is -2.82. The van der Waals surface area contributed by atoms with Crippen LogP contribution in [0.25, 0.3) is 0 Å². The maximum absolute atomic E-state index is 13.0. The summed E-state index contributed by atoms with van der Waals surface area (Å²) in [5, 5.41) is 9.87. The van der Waals surface area contributed by atoms with Gasteiger partial charge in [0, 0.05) is 19.3 Å². The summed E-state index contributed by atoms with van der Waals surface area (Å²) in [6.07, 6.45) is 73.0. The van der Waals surface area contributed by atoms with Crippen LogP contribution in [-0.4, -0.2) is 66.5 Å². The third kappa shape index (κ3) is 61.7. The fraction of sp³-hybridized carbons (Fsp3) is 0.814. The zero-order valence-electron chi connectivity index (χ0n) is 53.2.